The number of hydrogen-bond donors (Lipinski definition) is 0. The fourth-order valence-electron chi connectivity index (χ4n) is 5.80. The quantitative estimate of drug-likeness (QED) is 0.187. The predicted octanol–water partition coefficient (Wildman–Crippen LogP) is 8.81. The molecule has 0 unspecified atom stereocenters. The van der Waals surface area contributed by atoms with Crippen LogP contribution < -0.4 is 0 Å². The standard InChI is InChI=1S/C30H17IN2/c31-33-25-15-7-11-21-23-13-6-12-22-20-10-4-5-14-24(20)32(30(22)23)26-16-19(18-8-2-1-3-9-18)17-27(33)29(26)28(21)25/h1-17H. The summed E-state index contributed by atoms with van der Waals surface area (Å²) in [6.07, 6.45) is 0. The summed E-state index contributed by atoms with van der Waals surface area (Å²) in [5, 5.41) is 7.90. The largest absolute Gasteiger partial charge is 0.308 e. The molecule has 33 heavy (non-hydrogen) atoms. The Morgan fingerprint density at radius 1 is 0.455 bits per heavy atom. The molecule has 3 aromatic heterocycles. The molecule has 0 bridgehead atoms. The highest BCUT2D eigenvalue weighted by molar-refractivity contribution is 14.1. The maximum atomic E-state index is 2.50. The van der Waals surface area contributed by atoms with E-state index in [2.05, 4.69) is 133 Å². The van der Waals surface area contributed by atoms with E-state index >= 15 is 0 Å². The topological polar surface area (TPSA) is 9.34 Å². The minimum absolute atomic E-state index is 1.24. The average molecular weight is 532 g/mol. The Bertz CT molecular complexity index is 2030. The summed E-state index contributed by atoms with van der Waals surface area (Å²) in [6.45, 7) is 0. The van der Waals surface area contributed by atoms with Gasteiger partial charge in [0.05, 0.1) is 50.4 Å². The van der Waals surface area contributed by atoms with E-state index in [0.29, 0.717) is 0 Å². The van der Waals surface area contributed by atoms with Gasteiger partial charge in [-0.25, -0.2) is 0 Å². The summed E-state index contributed by atoms with van der Waals surface area (Å²) >= 11 is 2.47. The van der Waals surface area contributed by atoms with Gasteiger partial charge in [-0.15, -0.1) is 0 Å². The van der Waals surface area contributed by atoms with E-state index in [0.717, 1.165) is 0 Å². The summed E-state index contributed by atoms with van der Waals surface area (Å²) in [4.78, 5) is 0. The summed E-state index contributed by atoms with van der Waals surface area (Å²) in [6, 6.07) is 37.8. The van der Waals surface area contributed by atoms with Crippen molar-refractivity contribution in [1.29, 1.82) is 0 Å². The molecule has 0 amide bonds. The lowest BCUT2D eigenvalue weighted by Crippen LogP contribution is -1.88. The smallest absolute Gasteiger partial charge is 0.0646 e. The van der Waals surface area contributed by atoms with E-state index in [-0.39, 0.29) is 0 Å². The lowest BCUT2D eigenvalue weighted by Gasteiger charge is -2.07. The molecule has 154 valence electrons. The van der Waals surface area contributed by atoms with Crippen molar-refractivity contribution in [3.8, 4) is 11.1 Å². The molecule has 0 N–H and O–H groups in total. The third-order valence-corrected chi connectivity index (χ3v) is 8.18. The maximum Gasteiger partial charge on any atom is 0.0646 e. The molecule has 3 heterocycles. The zero-order valence-corrected chi connectivity index (χ0v) is 19.7. The van der Waals surface area contributed by atoms with Crippen LogP contribution in [-0.4, -0.2) is 7.18 Å². The zero-order chi connectivity index (χ0) is 21.7. The third-order valence-electron chi connectivity index (χ3n) is 7.15. The van der Waals surface area contributed by atoms with Crippen LogP contribution in [0.1, 0.15) is 0 Å². The van der Waals surface area contributed by atoms with Crippen LogP contribution in [0.25, 0.3) is 71.0 Å². The van der Waals surface area contributed by atoms with Gasteiger partial charge in [0.1, 0.15) is 0 Å². The van der Waals surface area contributed by atoms with E-state index in [1.165, 1.54) is 71.0 Å². The number of fused-ring (bicyclic) bond motifs is 5. The molecule has 0 radical (unpaired) electrons. The highest BCUT2D eigenvalue weighted by atomic mass is 127. The van der Waals surface area contributed by atoms with Crippen LogP contribution in [0.4, 0.5) is 0 Å². The Labute approximate surface area is 203 Å². The van der Waals surface area contributed by atoms with Gasteiger partial charge in [0.15, 0.2) is 0 Å². The fraction of sp³-hybridized carbons (Fsp3) is 0. The number of nitrogens with zero attached hydrogens (tertiary/aromatic N) is 2. The van der Waals surface area contributed by atoms with Crippen molar-refractivity contribution in [3.63, 3.8) is 0 Å². The second-order valence-electron chi connectivity index (χ2n) is 8.79. The number of halogens is 1. The normalized spacial score (nSPS) is 12.4. The van der Waals surface area contributed by atoms with Crippen LogP contribution in [0.2, 0.25) is 0 Å². The van der Waals surface area contributed by atoms with Crippen molar-refractivity contribution in [2.45, 2.75) is 0 Å². The molecule has 8 aromatic rings. The summed E-state index contributed by atoms with van der Waals surface area (Å²) < 4.78 is 4.84. The molecule has 8 rings (SSSR count). The van der Waals surface area contributed by atoms with E-state index < -0.39 is 0 Å². The molecule has 3 heteroatoms. The Hall–Kier alpha value is -3.57. The lowest BCUT2D eigenvalue weighted by molar-refractivity contribution is 1.36. The van der Waals surface area contributed by atoms with Crippen molar-refractivity contribution < 1.29 is 0 Å². The highest BCUT2D eigenvalue weighted by Crippen LogP contribution is 2.44. The minimum Gasteiger partial charge on any atom is -0.308 e. The monoisotopic (exact) mass is 532 g/mol. The number of rotatable bonds is 1. The van der Waals surface area contributed by atoms with Gasteiger partial charge >= 0.3 is 0 Å². The molecule has 2 nitrogen and oxygen atoms in total. The minimum atomic E-state index is 1.24. The van der Waals surface area contributed by atoms with E-state index in [9.17, 15) is 0 Å². The van der Waals surface area contributed by atoms with Crippen molar-refractivity contribution in [2.75, 3.05) is 0 Å². The van der Waals surface area contributed by atoms with Crippen molar-refractivity contribution >= 4 is 82.8 Å². The molecular formula is C30H17IN2. The number of para-hydroxylation sites is 2. The highest BCUT2D eigenvalue weighted by Gasteiger charge is 2.21. The van der Waals surface area contributed by atoms with Gasteiger partial charge in [0, 0.05) is 26.9 Å². The van der Waals surface area contributed by atoms with Crippen LogP contribution in [0, 0.1) is 0 Å². The van der Waals surface area contributed by atoms with Crippen molar-refractivity contribution in [1.82, 2.24) is 7.18 Å². The molecule has 0 aliphatic heterocycles. The molecule has 0 aliphatic rings. The summed E-state index contributed by atoms with van der Waals surface area (Å²) in [5.41, 5.74) is 8.82. The number of benzene rings is 5. The summed E-state index contributed by atoms with van der Waals surface area (Å²) in [5.74, 6) is 0. The van der Waals surface area contributed by atoms with Crippen LogP contribution >= 0.6 is 22.9 Å². The molecule has 0 spiro atoms. The van der Waals surface area contributed by atoms with Gasteiger partial charge in [-0.05, 0) is 40.8 Å². The Morgan fingerprint density at radius 2 is 1.09 bits per heavy atom. The van der Waals surface area contributed by atoms with E-state index in [1.807, 2.05) is 0 Å². The van der Waals surface area contributed by atoms with Gasteiger partial charge in [-0.1, -0.05) is 78.9 Å². The van der Waals surface area contributed by atoms with Crippen LogP contribution in [0.5, 0.6) is 0 Å². The van der Waals surface area contributed by atoms with Crippen LogP contribution in [0.3, 0.4) is 0 Å². The first-order valence-electron chi connectivity index (χ1n) is 11.2. The Morgan fingerprint density at radius 3 is 1.97 bits per heavy atom. The second kappa shape index (κ2) is 6.27. The molecule has 0 fully saturated rings. The SMILES string of the molecule is In1c2cccc3c4cccc5c6ccccc6n(c6cc(-c7ccccc7)cc1c6c32)c45. The first kappa shape index (κ1) is 17.9. The predicted molar refractivity (Wildman–Crippen MR) is 149 cm³/mol. The van der Waals surface area contributed by atoms with Crippen molar-refractivity contribution in [3.05, 3.63) is 103 Å². The number of hydrogen-bond acceptors (Lipinski definition) is 0. The van der Waals surface area contributed by atoms with Gasteiger partial charge in [0.25, 0.3) is 0 Å². The molecular weight excluding hydrogens is 515 g/mol. The molecule has 0 saturated carbocycles. The first-order valence-corrected chi connectivity index (χ1v) is 12.1. The van der Waals surface area contributed by atoms with Gasteiger partial charge < -0.3 is 4.40 Å². The van der Waals surface area contributed by atoms with Gasteiger partial charge in [0.2, 0.25) is 0 Å². The third kappa shape index (κ3) is 2.18. The molecule has 0 atom stereocenters. The van der Waals surface area contributed by atoms with Crippen LogP contribution in [0.15, 0.2) is 103 Å². The fourth-order valence-corrected chi connectivity index (χ4v) is 6.59. The van der Waals surface area contributed by atoms with Crippen molar-refractivity contribution in [2.24, 2.45) is 0 Å². The maximum absolute atomic E-state index is 2.50. The summed E-state index contributed by atoms with van der Waals surface area (Å²) in [7, 11) is 0. The Balaban J connectivity index is 1.80. The zero-order valence-electron chi connectivity index (χ0n) is 17.6. The van der Waals surface area contributed by atoms with Gasteiger partial charge in [-0.3, -0.25) is 2.78 Å². The second-order valence-corrected chi connectivity index (χ2v) is 9.76. The van der Waals surface area contributed by atoms with Crippen LogP contribution in [-0.2, 0) is 0 Å². The molecule has 5 aromatic carbocycles. The first-order chi connectivity index (χ1) is 16.3. The molecule has 0 saturated heterocycles. The average Bonchev–Trinajstić information content (AvgIpc) is 3.32. The van der Waals surface area contributed by atoms with Gasteiger partial charge in [-0.2, -0.15) is 0 Å². The van der Waals surface area contributed by atoms with E-state index in [1.54, 1.807) is 0 Å². The Kier molecular flexibility index (Phi) is 3.40. The molecule has 0 aliphatic carbocycles. The lowest BCUT2D eigenvalue weighted by atomic mass is 10.0. The number of aromatic nitrogens is 2. The van der Waals surface area contributed by atoms with E-state index in [4.69, 9.17) is 0 Å².